The van der Waals surface area contributed by atoms with E-state index in [4.69, 9.17) is 4.98 Å². The number of aromatic nitrogens is 6. The highest BCUT2D eigenvalue weighted by atomic mass is 19.1. The van der Waals surface area contributed by atoms with Crippen molar-refractivity contribution in [2.45, 2.75) is 0 Å². The molecule has 2 aromatic carbocycles. The van der Waals surface area contributed by atoms with Gasteiger partial charge in [0.1, 0.15) is 23.4 Å². The number of pyridine rings is 1. The van der Waals surface area contributed by atoms with Gasteiger partial charge in [-0.15, -0.1) is 0 Å². The quantitative estimate of drug-likeness (QED) is 0.417. The fourth-order valence-corrected chi connectivity index (χ4v) is 4.05. The van der Waals surface area contributed by atoms with Crippen LogP contribution in [0, 0.1) is 5.82 Å². The topological polar surface area (TPSA) is 72.3 Å². The molecule has 6 rings (SSSR count). The van der Waals surface area contributed by atoms with Gasteiger partial charge in [0.2, 0.25) is 0 Å². The molecule has 1 N–H and O–H groups in total. The molecule has 154 valence electrons. The first kappa shape index (κ1) is 18.4. The summed E-state index contributed by atoms with van der Waals surface area (Å²) >= 11 is 0. The number of rotatable bonds is 3. The van der Waals surface area contributed by atoms with E-state index in [1.54, 1.807) is 23.0 Å². The molecule has 0 fully saturated rings. The minimum atomic E-state index is -0.252. The molecule has 32 heavy (non-hydrogen) atoms. The number of hydrogen-bond acceptors (Lipinski definition) is 4. The Balaban J connectivity index is 1.55. The van der Waals surface area contributed by atoms with Gasteiger partial charge >= 0.3 is 0 Å². The zero-order valence-electron chi connectivity index (χ0n) is 17.1. The summed E-state index contributed by atoms with van der Waals surface area (Å²) in [6.45, 7) is 0. The Bertz CT molecular complexity index is 1610. The molecule has 0 aliphatic carbocycles. The van der Waals surface area contributed by atoms with Crippen molar-refractivity contribution in [1.29, 1.82) is 0 Å². The average molecular weight is 420 g/mol. The van der Waals surface area contributed by atoms with Gasteiger partial charge in [-0.3, -0.25) is 4.68 Å². The van der Waals surface area contributed by atoms with Crippen LogP contribution in [0.2, 0.25) is 0 Å². The van der Waals surface area contributed by atoms with Gasteiger partial charge in [0, 0.05) is 35.3 Å². The second kappa shape index (κ2) is 7.09. The molecule has 0 amide bonds. The Morgan fingerprint density at radius 2 is 1.81 bits per heavy atom. The lowest BCUT2D eigenvalue weighted by molar-refractivity contribution is 0.631. The van der Waals surface area contributed by atoms with Crippen molar-refractivity contribution in [1.82, 2.24) is 29.7 Å². The Kier molecular flexibility index (Phi) is 4.07. The fourth-order valence-electron chi connectivity index (χ4n) is 4.05. The second-order valence-electron chi connectivity index (χ2n) is 7.62. The maximum Gasteiger partial charge on any atom is 0.131 e. The highest BCUT2D eigenvalue weighted by Crippen LogP contribution is 2.34. The molecule has 0 saturated heterocycles. The summed E-state index contributed by atoms with van der Waals surface area (Å²) in [7, 11) is 1.87. The van der Waals surface area contributed by atoms with Crippen molar-refractivity contribution in [3.63, 3.8) is 0 Å². The average Bonchev–Trinajstić information content (AvgIpc) is 3.45. The number of halogens is 1. The maximum absolute atomic E-state index is 14.5. The molecule has 0 radical (unpaired) electrons. The maximum atomic E-state index is 14.5. The molecule has 4 aromatic heterocycles. The third-order valence-electron chi connectivity index (χ3n) is 5.57. The number of hydrogen-bond donors (Lipinski definition) is 1. The van der Waals surface area contributed by atoms with E-state index >= 15 is 0 Å². The lowest BCUT2D eigenvalue weighted by Crippen LogP contribution is -1.93. The van der Waals surface area contributed by atoms with Gasteiger partial charge in [0.15, 0.2) is 0 Å². The first-order valence-corrected chi connectivity index (χ1v) is 10.2. The molecular weight excluding hydrogens is 403 g/mol. The standard InChI is InChI=1S/C25H17FN6/c1-32-13-15(12-29-32)20-9-10-22-25(31-20)24(28-14-27-22)23-11-18-16(6-4-8-21(18)30-23)17-5-2-3-7-19(17)26/h2-14,30H,1H3. The molecule has 0 atom stereocenters. The van der Waals surface area contributed by atoms with Crippen LogP contribution in [-0.2, 0) is 7.05 Å². The Morgan fingerprint density at radius 1 is 0.938 bits per heavy atom. The third-order valence-corrected chi connectivity index (χ3v) is 5.57. The highest BCUT2D eigenvalue weighted by molar-refractivity contribution is 6.00. The molecule has 0 unspecified atom stereocenters. The number of nitrogens with zero attached hydrogens (tertiary/aromatic N) is 5. The minimum absolute atomic E-state index is 0.252. The lowest BCUT2D eigenvalue weighted by atomic mass is 10.0. The van der Waals surface area contributed by atoms with Crippen molar-refractivity contribution in [3.05, 3.63) is 85.2 Å². The normalized spacial score (nSPS) is 11.4. The van der Waals surface area contributed by atoms with Crippen LogP contribution in [0.3, 0.4) is 0 Å². The Hall–Kier alpha value is -4.39. The second-order valence-corrected chi connectivity index (χ2v) is 7.62. The minimum Gasteiger partial charge on any atom is -0.353 e. The molecule has 7 heteroatoms. The SMILES string of the molecule is Cn1cc(-c2ccc3ncnc(-c4cc5c(-c6ccccc6F)cccc5[nH]4)c3n2)cn1. The van der Waals surface area contributed by atoms with E-state index in [0.717, 1.165) is 38.9 Å². The molecule has 0 saturated carbocycles. The van der Waals surface area contributed by atoms with Crippen LogP contribution in [0.15, 0.2) is 79.4 Å². The number of nitrogens with one attached hydrogen (secondary N) is 1. The van der Waals surface area contributed by atoms with Crippen LogP contribution in [0.4, 0.5) is 4.39 Å². The molecule has 0 bridgehead atoms. The van der Waals surface area contributed by atoms with Crippen molar-refractivity contribution >= 4 is 21.9 Å². The van der Waals surface area contributed by atoms with E-state index in [-0.39, 0.29) is 5.82 Å². The highest BCUT2D eigenvalue weighted by Gasteiger charge is 2.15. The fraction of sp³-hybridized carbons (Fsp3) is 0.0400. The Labute approximate surface area is 182 Å². The molecule has 0 aliphatic heterocycles. The largest absolute Gasteiger partial charge is 0.353 e. The molecule has 0 spiro atoms. The summed E-state index contributed by atoms with van der Waals surface area (Å²) in [6, 6.07) is 18.5. The van der Waals surface area contributed by atoms with Gasteiger partial charge < -0.3 is 4.98 Å². The number of aryl methyl sites for hydroxylation is 1. The van der Waals surface area contributed by atoms with Gasteiger partial charge in [-0.2, -0.15) is 5.10 Å². The first-order chi connectivity index (χ1) is 15.7. The van der Waals surface area contributed by atoms with Gasteiger partial charge in [0.25, 0.3) is 0 Å². The van der Waals surface area contributed by atoms with E-state index in [1.165, 1.54) is 12.4 Å². The van der Waals surface area contributed by atoms with E-state index in [2.05, 4.69) is 20.1 Å². The predicted molar refractivity (Wildman–Crippen MR) is 122 cm³/mol. The van der Waals surface area contributed by atoms with Crippen LogP contribution in [-0.4, -0.2) is 29.7 Å². The number of fused-ring (bicyclic) bond motifs is 2. The summed E-state index contributed by atoms with van der Waals surface area (Å²) < 4.78 is 16.2. The molecule has 6 nitrogen and oxygen atoms in total. The summed E-state index contributed by atoms with van der Waals surface area (Å²) in [5, 5.41) is 5.16. The molecule has 6 aromatic rings. The third kappa shape index (κ3) is 2.94. The van der Waals surface area contributed by atoms with Crippen molar-refractivity contribution in [3.8, 4) is 33.8 Å². The van der Waals surface area contributed by atoms with Crippen LogP contribution in [0.5, 0.6) is 0 Å². The van der Waals surface area contributed by atoms with E-state index in [0.29, 0.717) is 16.8 Å². The number of benzene rings is 2. The van der Waals surface area contributed by atoms with Gasteiger partial charge in [-0.25, -0.2) is 19.3 Å². The molecule has 0 aliphatic rings. The summed E-state index contributed by atoms with van der Waals surface area (Å²) in [4.78, 5) is 17.2. The molecular formula is C25H17FN6. The summed E-state index contributed by atoms with van der Waals surface area (Å²) in [5.41, 5.74) is 6.93. The Morgan fingerprint density at radius 3 is 2.66 bits per heavy atom. The summed E-state index contributed by atoms with van der Waals surface area (Å²) in [6.07, 6.45) is 5.23. The van der Waals surface area contributed by atoms with Crippen molar-refractivity contribution < 1.29 is 4.39 Å². The van der Waals surface area contributed by atoms with Crippen molar-refractivity contribution in [2.75, 3.05) is 0 Å². The van der Waals surface area contributed by atoms with E-state index in [9.17, 15) is 4.39 Å². The van der Waals surface area contributed by atoms with Crippen LogP contribution < -0.4 is 0 Å². The first-order valence-electron chi connectivity index (χ1n) is 10.2. The monoisotopic (exact) mass is 420 g/mol. The zero-order chi connectivity index (χ0) is 21.7. The lowest BCUT2D eigenvalue weighted by Gasteiger charge is -2.05. The van der Waals surface area contributed by atoms with Gasteiger partial charge in [0.05, 0.1) is 23.1 Å². The smallest absolute Gasteiger partial charge is 0.131 e. The van der Waals surface area contributed by atoms with Crippen LogP contribution in [0.1, 0.15) is 0 Å². The molecule has 4 heterocycles. The van der Waals surface area contributed by atoms with Crippen molar-refractivity contribution in [2.24, 2.45) is 7.05 Å². The number of aromatic amines is 1. The van der Waals surface area contributed by atoms with Crippen LogP contribution >= 0.6 is 0 Å². The van der Waals surface area contributed by atoms with E-state index in [1.807, 2.05) is 55.7 Å². The van der Waals surface area contributed by atoms with Gasteiger partial charge in [-0.05, 0) is 35.9 Å². The summed E-state index contributed by atoms with van der Waals surface area (Å²) in [5.74, 6) is -0.252. The zero-order valence-corrected chi connectivity index (χ0v) is 17.1. The van der Waals surface area contributed by atoms with E-state index < -0.39 is 0 Å². The predicted octanol–water partition coefficient (Wildman–Crippen LogP) is 5.38. The number of H-pyrrole nitrogens is 1. The van der Waals surface area contributed by atoms with Gasteiger partial charge in [-0.1, -0.05) is 30.3 Å². The van der Waals surface area contributed by atoms with Crippen LogP contribution in [0.25, 0.3) is 55.7 Å².